The molecule has 0 saturated heterocycles. The van der Waals surface area contributed by atoms with E-state index in [1.165, 1.54) is 11.8 Å². The first-order valence-corrected chi connectivity index (χ1v) is 14.5. The lowest BCUT2D eigenvalue weighted by Crippen LogP contribution is -2.54. The summed E-state index contributed by atoms with van der Waals surface area (Å²) in [5.74, 6) is -0.0849. The molecule has 0 bridgehead atoms. The zero-order valence-corrected chi connectivity index (χ0v) is 23.9. The molecule has 40 heavy (non-hydrogen) atoms. The number of carbonyl (C=O) groups is 1. The molecule has 5 aromatic rings. The topological polar surface area (TPSA) is 48.3 Å². The summed E-state index contributed by atoms with van der Waals surface area (Å²) in [5, 5.41) is 17.0. The van der Waals surface area contributed by atoms with E-state index < -0.39 is 4.99 Å². The van der Waals surface area contributed by atoms with Gasteiger partial charge in [0.1, 0.15) is 0 Å². The van der Waals surface area contributed by atoms with Crippen molar-refractivity contribution in [1.82, 2.24) is 0 Å². The number of carbonyl (C=O) groups excluding carboxylic acids is 1. The second-order valence-electron chi connectivity index (χ2n) is 9.63. The van der Waals surface area contributed by atoms with E-state index in [4.69, 9.17) is 10.2 Å². The highest BCUT2D eigenvalue weighted by Gasteiger charge is 2.55. The van der Waals surface area contributed by atoms with E-state index in [9.17, 15) is 4.79 Å². The highest BCUT2D eigenvalue weighted by atomic mass is 79.9. The molecular weight excluding hydrogens is 580 g/mol. The number of Topliss-reactive ketones (excluding diaryl/α,β-unsaturated/α-hetero) is 1. The van der Waals surface area contributed by atoms with E-state index in [0.717, 1.165) is 49.0 Å². The fourth-order valence-electron chi connectivity index (χ4n) is 5.36. The summed E-state index contributed by atoms with van der Waals surface area (Å²) in [6, 6.07) is 41.1. The van der Waals surface area contributed by atoms with E-state index in [2.05, 4.69) is 70.5 Å². The predicted molar refractivity (Wildman–Crippen MR) is 169 cm³/mol. The summed E-state index contributed by atoms with van der Waals surface area (Å²) in [7, 11) is 0. The van der Waals surface area contributed by atoms with Gasteiger partial charge in [0.2, 0.25) is 4.99 Å². The van der Waals surface area contributed by atoms with E-state index in [0.29, 0.717) is 5.04 Å². The number of halogens is 1. The van der Waals surface area contributed by atoms with Crippen molar-refractivity contribution in [2.75, 3.05) is 10.0 Å². The third-order valence-electron chi connectivity index (χ3n) is 7.15. The normalized spacial score (nSPS) is 18.1. The maximum Gasteiger partial charge on any atom is 0.234 e. The molecule has 0 fully saturated rings. The van der Waals surface area contributed by atoms with Crippen LogP contribution >= 0.6 is 27.7 Å². The van der Waals surface area contributed by atoms with Crippen LogP contribution in [0.3, 0.4) is 0 Å². The molecule has 2 aliphatic heterocycles. The Hall–Kier alpha value is -4.20. The molecule has 7 heteroatoms. The van der Waals surface area contributed by atoms with Gasteiger partial charge in [-0.15, -0.1) is 0 Å². The summed E-state index contributed by atoms with van der Waals surface area (Å²) in [5.41, 5.74) is 5.67. The number of hydrazone groups is 2. The summed E-state index contributed by atoms with van der Waals surface area (Å²) < 4.78 is 0.966. The molecule has 0 saturated carbocycles. The van der Waals surface area contributed by atoms with E-state index in [1.54, 1.807) is 6.92 Å². The van der Waals surface area contributed by atoms with E-state index >= 15 is 0 Å². The first kappa shape index (κ1) is 24.8. The lowest BCUT2D eigenvalue weighted by molar-refractivity contribution is -0.110. The number of nitrogens with zero attached hydrogens (tertiary/aromatic N) is 4. The second-order valence-corrected chi connectivity index (χ2v) is 11.7. The van der Waals surface area contributed by atoms with Gasteiger partial charge >= 0.3 is 0 Å². The van der Waals surface area contributed by atoms with Crippen LogP contribution in [0.2, 0.25) is 0 Å². The number of benzene rings is 5. The van der Waals surface area contributed by atoms with Gasteiger partial charge in [-0.1, -0.05) is 101 Å². The first-order valence-electron chi connectivity index (χ1n) is 12.9. The van der Waals surface area contributed by atoms with Gasteiger partial charge in [-0.2, -0.15) is 10.2 Å². The van der Waals surface area contributed by atoms with Gasteiger partial charge in [0.05, 0.1) is 17.1 Å². The van der Waals surface area contributed by atoms with Gasteiger partial charge in [-0.25, -0.2) is 10.0 Å². The summed E-state index contributed by atoms with van der Waals surface area (Å²) in [6.07, 6.45) is 0. The van der Waals surface area contributed by atoms with E-state index in [-0.39, 0.29) is 5.78 Å². The molecule has 0 amide bonds. The van der Waals surface area contributed by atoms with Crippen molar-refractivity contribution in [3.63, 3.8) is 0 Å². The van der Waals surface area contributed by atoms with Crippen molar-refractivity contribution in [2.45, 2.75) is 11.9 Å². The van der Waals surface area contributed by atoms with Crippen LogP contribution in [0, 0.1) is 0 Å². The molecule has 2 heterocycles. The Morgan fingerprint density at radius 1 is 0.700 bits per heavy atom. The fourth-order valence-corrected chi connectivity index (χ4v) is 6.91. The Morgan fingerprint density at radius 3 is 2.12 bits per heavy atom. The highest BCUT2D eigenvalue weighted by Crippen LogP contribution is 2.55. The maximum atomic E-state index is 12.9. The van der Waals surface area contributed by atoms with Crippen LogP contribution in [0.25, 0.3) is 10.8 Å². The van der Waals surface area contributed by atoms with Crippen molar-refractivity contribution in [1.29, 1.82) is 0 Å². The van der Waals surface area contributed by atoms with Crippen LogP contribution in [0.15, 0.2) is 136 Å². The predicted octanol–water partition coefficient (Wildman–Crippen LogP) is 8.14. The van der Waals surface area contributed by atoms with Gasteiger partial charge in [0.15, 0.2) is 10.8 Å². The number of ketones is 1. The molecule has 5 aromatic carbocycles. The van der Waals surface area contributed by atoms with Gasteiger partial charge in [-0.05, 0) is 58.9 Å². The second kappa shape index (κ2) is 9.77. The Balaban J connectivity index is 1.55. The Kier molecular flexibility index (Phi) is 6.06. The molecule has 0 radical (unpaired) electrons. The average Bonchev–Trinajstić information content (AvgIpc) is 3.39. The Morgan fingerprint density at radius 2 is 1.32 bits per heavy atom. The zero-order chi connectivity index (χ0) is 27.3. The largest absolute Gasteiger partial charge is 0.292 e. The lowest BCUT2D eigenvalue weighted by atomic mass is 9.91. The van der Waals surface area contributed by atoms with Gasteiger partial charge in [-0.3, -0.25) is 4.79 Å². The molecule has 194 valence electrons. The number of hydrogen-bond donors (Lipinski definition) is 0. The number of anilines is 2. The first-order chi connectivity index (χ1) is 19.6. The number of rotatable bonds is 4. The third kappa shape index (κ3) is 3.88. The molecule has 5 nitrogen and oxygen atoms in total. The van der Waals surface area contributed by atoms with Crippen LogP contribution in [-0.4, -0.2) is 16.5 Å². The van der Waals surface area contributed by atoms with E-state index in [1.807, 2.05) is 76.7 Å². The monoisotopic (exact) mass is 602 g/mol. The molecule has 0 unspecified atom stereocenters. The summed E-state index contributed by atoms with van der Waals surface area (Å²) >= 11 is 4.99. The Bertz CT molecular complexity index is 1830. The summed E-state index contributed by atoms with van der Waals surface area (Å²) in [6.45, 7) is 1.57. The number of para-hydroxylation sites is 1. The highest BCUT2D eigenvalue weighted by molar-refractivity contribution is 9.10. The smallest absolute Gasteiger partial charge is 0.234 e. The maximum absolute atomic E-state index is 12.9. The SMILES string of the molecule is CC(=O)C1=NN(c2ccc(Br)cc2)[C@]2(S1)c1ccccc1C(c1cccc3ccccc13)=NN2c1ccccc1. The van der Waals surface area contributed by atoms with Crippen LogP contribution in [0.4, 0.5) is 11.4 Å². The van der Waals surface area contributed by atoms with Crippen molar-refractivity contribution >= 4 is 66.4 Å². The molecule has 7 rings (SSSR count). The van der Waals surface area contributed by atoms with Gasteiger partial charge in [0, 0.05) is 28.1 Å². The zero-order valence-electron chi connectivity index (χ0n) is 21.5. The molecular formula is C33H23BrN4OS. The quantitative estimate of drug-likeness (QED) is 0.208. The molecule has 0 N–H and O–H groups in total. The number of fused-ring (bicyclic) bond motifs is 3. The van der Waals surface area contributed by atoms with Gasteiger partial charge < -0.3 is 0 Å². The molecule has 0 aliphatic carbocycles. The van der Waals surface area contributed by atoms with Crippen molar-refractivity contribution in [3.8, 4) is 0 Å². The minimum atomic E-state index is -0.971. The molecule has 2 aliphatic rings. The van der Waals surface area contributed by atoms with Crippen LogP contribution in [0.5, 0.6) is 0 Å². The third-order valence-corrected chi connectivity index (χ3v) is 9.10. The molecule has 1 spiro atoms. The molecule has 0 aromatic heterocycles. The Labute approximate surface area is 245 Å². The van der Waals surface area contributed by atoms with Crippen LogP contribution < -0.4 is 10.0 Å². The van der Waals surface area contributed by atoms with Crippen molar-refractivity contribution in [2.24, 2.45) is 10.2 Å². The minimum Gasteiger partial charge on any atom is -0.292 e. The van der Waals surface area contributed by atoms with Crippen LogP contribution in [0.1, 0.15) is 23.6 Å². The standard InChI is InChI=1S/C33H23BrN4OS/c1-22(39)32-36-38(26-20-18-24(34)19-21-26)33(40-32)30-17-8-7-15-29(30)31(35-37(33)25-12-3-2-4-13-25)28-16-9-11-23-10-5-6-14-27(23)28/h2-21H,1H3/t33-/m0/s1. The van der Waals surface area contributed by atoms with Crippen molar-refractivity contribution < 1.29 is 4.79 Å². The average molecular weight is 604 g/mol. The van der Waals surface area contributed by atoms with Gasteiger partial charge in [0.25, 0.3) is 0 Å². The fraction of sp³-hybridized carbons (Fsp3) is 0.0606. The van der Waals surface area contributed by atoms with Crippen molar-refractivity contribution in [3.05, 3.63) is 142 Å². The number of hydrogen-bond acceptors (Lipinski definition) is 6. The number of thioether (sulfide) groups is 1. The van der Waals surface area contributed by atoms with Crippen LogP contribution in [-0.2, 0) is 9.79 Å². The molecule has 1 atom stereocenters. The lowest BCUT2D eigenvalue weighted by Gasteiger charge is -2.47. The minimum absolute atomic E-state index is 0.0849. The summed E-state index contributed by atoms with van der Waals surface area (Å²) in [4.78, 5) is 11.9.